The zero-order valence-electron chi connectivity index (χ0n) is 6.66. The van der Waals surface area contributed by atoms with Crippen molar-refractivity contribution >= 4 is 17.2 Å². The number of aromatic hydroxyl groups is 1. The van der Waals surface area contributed by atoms with Crippen LogP contribution in [0.5, 0.6) is 5.75 Å². The number of hydrogen-bond donors (Lipinski definition) is 3. The molecule has 0 aliphatic rings. The van der Waals surface area contributed by atoms with Crippen LogP contribution >= 0.6 is 0 Å². The van der Waals surface area contributed by atoms with Gasteiger partial charge in [-0.05, 0) is 19.1 Å². The monoisotopic (exact) mass is 166 g/mol. The van der Waals surface area contributed by atoms with Crippen LogP contribution in [0.4, 0.5) is 11.4 Å². The average Bonchev–Trinajstić information content (AvgIpc) is 1.97. The molecule has 4 nitrogen and oxygen atoms in total. The molecule has 0 spiro atoms. The number of ketones is 1. The third-order valence-corrected chi connectivity index (χ3v) is 1.61. The molecular formula is C8H10N2O2. The van der Waals surface area contributed by atoms with E-state index in [1.807, 2.05) is 0 Å². The molecule has 0 unspecified atom stereocenters. The Morgan fingerprint density at radius 3 is 2.42 bits per heavy atom. The molecule has 0 fully saturated rings. The molecule has 64 valence electrons. The number of benzene rings is 1. The first-order valence-electron chi connectivity index (χ1n) is 3.42. The lowest BCUT2D eigenvalue weighted by Gasteiger charge is -2.06. The molecule has 0 saturated heterocycles. The van der Waals surface area contributed by atoms with Gasteiger partial charge >= 0.3 is 0 Å². The van der Waals surface area contributed by atoms with Crippen LogP contribution in [0.1, 0.15) is 17.3 Å². The molecule has 1 rings (SSSR count). The van der Waals surface area contributed by atoms with Gasteiger partial charge in [0.25, 0.3) is 0 Å². The summed E-state index contributed by atoms with van der Waals surface area (Å²) in [5, 5.41) is 9.23. The smallest absolute Gasteiger partial charge is 0.165 e. The molecule has 0 aliphatic heterocycles. The molecule has 0 radical (unpaired) electrons. The molecule has 1 aromatic rings. The summed E-state index contributed by atoms with van der Waals surface area (Å²) in [4.78, 5) is 10.9. The zero-order valence-corrected chi connectivity index (χ0v) is 6.66. The van der Waals surface area contributed by atoms with E-state index in [-0.39, 0.29) is 22.8 Å². The van der Waals surface area contributed by atoms with Crippen LogP contribution in [-0.2, 0) is 0 Å². The predicted molar refractivity (Wildman–Crippen MR) is 46.9 cm³/mol. The normalized spacial score (nSPS) is 9.75. The Morgan fingerprint density at radius 1 is 1.42 bits per heavy atom. The van der Waals surface area contributed by atoms with Gasteiger partial charge in [0.05, 0.1) is 16.9 Å². The lowest BCUT2D eigenvalue weighted by Crippen LogP contribution is -2.03. The summed E-state index contributed by atoms with van der Waals surface area (Å²) in [6.45, 7) is 1.32. The molecule has 0 aliphatic carbocycles. The highest BCUT2D eigenvalue weighted by Crippen LogP contribution is 2.28. The Bertz CT molecular complexity index is 334. The van der Waals surface area contributed by atoms with E-state index >= 15 is 0 Å². The summed E-state index contributed by atoms with van der Waals surface area (Å²) in [6, 6.07) is 2.81. The number of rotatable bonds is 1. The maximum Gasteiger partial charge on any atom is 0.165 e. The molecule has 0 amide bonds. The second-order valence-electron chi connectivity index (χ2n) is 2.52. The van der Waals surface area contributed by atoms with E-state index in [1.165, 1.54) is 19.1 Å². The topological polar surface area (TPSA) is 89.3 Å². The van der Waals surface area contributed by atoms with Gasteiger partial charge < -0.3 is 16.6 Å². The molecule has 0 saturated carbocycles. The first kappa shape index (κ1) is 8.39. The maximum atomic E-state index is 10.9. The fourth-order valence-corrected chi connectivity index (χ4v) is 0.994. The zero-order chi connectivity index (χ0) is 9.30. The van der Waals surface area contributed by atoms with Crippen LogP contribution in [0, 0.1) is 0 Å². The van der Waals surface area contributed by atoms with Gasteiger partial charge in [-0.2, -0.15) is 0 Å². The Balaban J connectivity index is 3.43. The molecule has 0 bridgehead atoms. The summed E-state index contributed by atoms with van der Waals surface area (Å²) >= 11 is 0. The molecular weight excluding hydrogens is 156 g/mol. The van der Waals surface area contributed by atoms with E-state index in [4.69, 9.17) is 11.5 Å². The van der Waals surface area contributed by atoms with Crippen LogP contribution in [0.15, 0.2) is 12.1 Å². The minimum absolute atomic E-state index is 0.0926. The van der Waals surface area contributed by atoms with E-state index in [9.17, 15) is 9.90 Å². The molecule has 12 heavy (non-hydrogen) atoms. The van der Waals surface area contributed by atoms with Gasteiger partial charge in [-0.15, -0.1) is 0 Å². The quantitative estimate of drug-likeness (QED) is 0.326. The number of hydrogen-bond acceptors (Lipinski definition) is 4. The van der Waals surface area contributed by atoms with Crippen molar-refractivity contribution < 1.29 is 9.90 Å². The number of carbonyl (C=O) groups is 1. The summed E-state index contributed by atoms with van der Waals surface area (Å²) in [5.41, 5.74) is 11.5. The second kappa shape index (κ2) is 2.73. The second-order valence-corrected chi connectivity index (χ2v) is 2.52. The molecule has 1 aromatic carbocycles. The lowest BCUT2D eigenvalue weighted by molar-refractivity contribution is 0.101. The largest absolute Gasteiger partial charge is 0.507 e. The van der Waals surface area contributed by atoms with E-state index in [1.54, 1.807) is 0 Å². The molecule has 0 heterocycles. The number of nitrogens with two attached hydrogens (primary N) is 2. The standard InChI is InChI=1S/C8H10N2O2/c1-4(11)7-6(12)3-2-5(9)8(7)10/h2-3,12H,9-10H2,1H3. The van der Waals surface area contributed by atoms with Gasteiger partial charge in [0, 0.05) is 0 Å². The van der Waals surface area contributed by atoms with Crippen molar-refractivity contribution in [2.75, 3.05) is 11.5 Å². The van der Waals surface area contributed by atoms with Crippen molar-refractivity contribution in [1.29, 1.82) is 0 Å². The lowest BCUT2D eigenvalue weighted by atomic mass is 10.1. The first-order chi connectivity index (χ1) is 5.54. The van der Waals surface area contributed by atoms with E-state index < -0.39 is 0 Å². The summed E-state index contributed by atoms with van der Waals surface area (Å²) < 4.78 is 0. The van der Waals surface area contributed by atoms with Crippen LogP contribution in [0.25, 0.3) is 0 Å². The van der Waals surface area contributed by atoms with Crippen molar-refractivity contribution in [3.8, 4) is 5.75 Å². The Kier molecular flexibility index (Phi) is 1.91. The van der Waals surface area contributed by atoms with Crippen LogP contribution in [0.2, 0.25) is 0 Å². The van der Waals surface area contributed by atoms with Gasteiger partial charge in [0.15, 0.2) is 5.78 Å². The fraction of sp³-hybridized carbons (Fsp3) is 0.125. The van der Waals surface area contributed by atoms with Crippen LogP contribution in [-0.4, -0.2) is 10.9 Å². The number of phenols is 1. The number of carbonyl (C=O) groups excluding carboxylic acids is 1. The molecule has 0 aromatic heterocycles. The number of Topliss-reactive ketones (excluding diaryl/α,β-unsaturated/α-hetero) is 1. The summed E-state index contributed by atoms with van der Waals surface area (Å²) in [6.07, 6.45) is 0. The van der Waals surface area contributed by atoms with Gasteiger partial charge in [0.2, 0.25) is 0 Å². The minimum atomic E-state index is -0.294. The number of nitrogen functional groups attached to an aromatic ring is 2. The summed E-state index contributed by atoms with van der Waals surface area (Å²) in [7, 11) is 0. The van der Waals surface area contributed by atoms with Crippen LogP contribution < -0.4 is 11.5 Å². The summed E-state index contributed by atoms with van der Waals surface area (Å²) in [5.74, 6) is -0.425. The minimum Gasteiger partial charge on any atom is -0.507 e. The molecule has 5 N–H and O–H groups in total. The Morgan fingerprint density at radius 2 is 2.00 bits per heavy atom. The fourth-order valence-electron chi connectivity index (χ4n) is 0.994. The number of phenolic OH excluding ortho intramolecular Hbond substituents is 1. The van der Waals surface area contributed by atoms with E-state index in [0.29, 0.717) is 5.69 Å². The predicted octanol–water partition coefficient (Wildman–Crippen LogP) is 0.759. The third kappa shape index (κ3) is 1.18. The van der Waals surface area contributed by atoms with Gasteiger partial charge in [0.1, 0.15) is 5.75 Å². The Labute approximate surface area is 69.8 Å². The van der Waals surface area contributed by atoms with Gasteiger partial charge in [-0.1, -0.05) is 0 Å². The maximum absolute atomic E-state index is 10.9. The Hall–Kier alpha value is -1.71. The van der Waals surface area contributed by atoms with E-state index in [2.05, 4.69) is 0 Å². The van der Waals surface area contributed by atoms with Crippen molar-refractivity contribution in [3.05, 3.63) is 17.7 Å². The van der Waals surface area contributed by atoms with Crippen LogP contribution in [0.3, 0.4) is 0 Å². The van der Waals surface area contributed by atoms with Crippen molar-refractivity contribution in [2.45, 2.75) is 6.92 Å². The SMILES string of the molecule is CC(=O)c1c(O)ccc(N)c1N. The number of anilines is 2. The van der Waals surface area contributed by atoms with Crippen molar-refractivity contribution in [1.82, 2.24) is 0 Å². The molecule has 0 atom stereocenters. The molecule has 4 heteroatoms. The highest BCUT2D eigenvalue weighted by Gasteiger charge is 2.12. The highest BCUT2D eigenvalue weighted by molar-refractivity contribution is 6.04. The highest BCUT2D eigenvalue weighted by atomic mass is 16.3. The van der Waals surface area contributed by atoms with E-state index in [0.717, 1.165) is 0 Å². The first-order valence-corrected chi connectivity index (χ1v) is 3.42. The van der Waals surface area contributed by atoms with Crippen molar-refractivity contribution in [2.24, 2.45) is 0 Å². The van der Waals surface area contributed by atoms with Crippen molar-refractivity contribution in [3.63, 3.8) is 0 Å². The average molecular weight is 166 g/mol. The third-order valence-electron chi connectivity index (χ3n) is 1.61. The van der Waals surface area contributed by atoms with Gasteiger partial charge in [-0.25, -0.2) is 0 Å². The van der Waals surface area contributed by atoms with Gasteiger partial charge in [-0.3, -0.25) is 4.79 Å².